The normalized spacial score (nSPS) is 17.9. The van der Waals surface area contributed by atoms with E-state index in [0.717, 1.165) is 31.5 Å². The summed E-state index contributed by atoms with van der Waals surface area (Å²) < 4.78 is 44.7. The zero-order chi connectivity index (χ0) is 22.0. The fraction of sp³-hybridized carbons (Fsp3) is 0.364. The first-order valence-corrected chi connectivity index (χ1v) is 11.6. The molecule has 0 amide bonds. The zero-order valence-electron chi connectivity index (χ0n) is 17.5. The average Bonchev–Trinajstić information content (AvgIpc) is 3.25. The van der Waals surface area contributed by atoms with Crippen LogP contribution in [-0.2, 0) is 16.6 Å². The molecule has 164 valence electrons. The lowest BCUT2D eigenvalue weighted by atomic mass is 9.97. The van der Waals surface area contributed by atoms with Gasteiger partial charge in [-0.15, -0.1) is 0 Å². The molecule has 4 rings (SSSR count). The van der Waals surface area contributed by atoms with Crippen molar-refractivity contribution in [2.45, 2.75) is 30.2 Å². The molecule has 1 aliphatic rings. The molecule has 1 atom stereocenters. The molecule has 31 heavy (non-hydrogen) atoms. The van der Waals surface area contributed by atoms with Crippen molar-refractivity contribution in [3.63, 3.8) is 0 Å². The first kappa shape index (κ1) is 21.6. The van der Waals surface area contributed by atoms with E-state index in [4.69, 9.17) is 4.52 Å². The lowest BCUT2D eigenvalue weighted by Crippen LogP contribution is -2.34. The van der Waals surface area contributed by atoms with Crippen LogP contribution in [0.2, 0.25) is 0 Å². The molecule has 1 aliphatic heterocycles. The number of rotatable bonds is 6. The highest BCUT2D eigenvalue weighted by Gasteiger charge is 2.27. The summed E-state index contributed by atoms with van der Waals surface area (Å²) in [5.74, 6) is 0.823. The van der Waals surface area contributed by atoms with Crippen molar-refractivity contribution in [1.29, 1.82) is 0 Å². The predicted octanol–water partition coefficient (Wildman–Crippen LogP) is 3.51. The summed E-state index contributed by atoms with van der Waals surface area (Å²) in [4.78, 5) is 7.10. The first-order valence-electron chi connectivity index (χ1n) is 10.2. The topological polar surface area (TPSA) is 79.5 Å². The molecule has 7 nitrogen and oxygen atoms in total. The van der Waals surface area contributed by atoms with E-state index in [9.17, 15) is 12.8 Å². The standard InChI is InChI=1S/C22H25FN4O3S/c1-26(2)31(28,29)20-7-3-5-16(13-20)14-27-12-4-6-18(15-27)22-24-21(25-30-22)17-8-10-19(23)11-9-17/h3,5,7-11,13,18H,4,6,12,14-15H2,1-2H3. The van der Waals surface area contributed by atoms with E-state index >= 15 is 0 Å². The number of piperidine rings is 1. The molecule has 9 heteroatoms. The van der Waals surface area contributed by atoms with Crippen molar-refractivity contribution in [3.8, 4) is 11.4 Å². The van der Waals surface area contributed by atoms with Crippen LogP contribution in [0.25, 0.3) is 11.4 Å². The summed E-state index contributed by atoms with van der Waals surface area (Å²) in [6.45, 7) is 2.31. The van der Waals surface area contributed by atoms with Gasteiger partial charge in [0.25, 0.3) is 0 Å². The molecule has 3 aromatic rings. The minimum atomic E-state index is -3.46. The SMILES string of the molecule is CN(C)S(=O)(=O)c1cccc(CN2CCCC(c3nc(-c4ccc(F)cc4)no3)C2)c1. The van der Waals surface area contributed by atoms with Gasteiger partial charge in [0, 0.05) is 32.7 Å². The third kappa shape index (κ3) is 4.84. The van der Waals surface area contributed by atoms with Crippen LogP contribution in [0, 0.1) is 5.82 Å². The molecule has 2 aromatic carbocycles. The van der Waals surface area contributed by atoms with Gasteiger partial charge in [-0.25, -0.2) is 17.1 Å². The van der Waals surface area contributed by atoms with Gasteiger partial charge in [0.05, 0.1) is 10.8 Å². The number of likely N-dealkylation sites (tertiary alicyclic amines) is 1. The molecule has 0 N–H and O–H groups in total. The summed E-state index contributed by atoms with van der Waals surface area (Å²) in [5, 5.41) is 4.06. The number of nitrogens with zero attached hydrogens (tertiary/aromatic N) is 4. The minimum Gasteiger partial charge on any atom is -0.339 e. The van der Waals surface area contributed by atoms with E-state index in [1.54, 1.807) is 30.3 Å². The van der Waals surface area contributed by atoms with Gasteiger partial charge in [0.2, 0.25) is 21.7 Å². The van der Waals surface area contributed by atoms with E-state index in [-0.39, 0.29) is 11.7 Å². The third-order valence-corrected chi connectivity index (χ3v) is 7.29. The smallest absolute Gasteiger partial charge is 0.242 e. The van der Waals surface area contributed by atoms with Crippen molar-refractivity contribution in [2.75, 3.05) is 27.2 Å². The molecule has 0 radical (unpaired) electrons. The fourth-order valence-electron chi connectivity index (χ4n) is 3.79. The summed E-state index contributed by atoms with van der Waals surface area (Å²) >= 11 is 0. The Hall–Kier alpha value is -2.62. The lowest BCUT2D eigenvalue weighted by Gasteiger charge is -2.31. The molecule has 2 heterocycles. The highest BCUT2D eigenvalue weighted by atomic mass is 32.2. The Morgan fingerprint density at radius 2 is 1.97 bits per heavy atom. The molecule has 0 spiro atoms. The Labute approximate surface area is 181 Å². The van der Waals surface area contributed by atoms with Crippen molar-refractivity contribution in [3.05, 3.63) is 65.8 Å². The van der Waals surface area contributed by atoms with Gasteiger partial charge in [0.15, 0.2) is 0 Å². The third-order valence-electron chi connectivity index (χ3n) is 5.48. The van der Waals surface area contributed by atoms with Crippen molar-refractivity contribution in [2.24, 2.45) is 0 Å². The van der Waals surface area contributed by atoms with Crippen LogP contribution in [0.3, 0.4) is 0 Å². The highest BCUT2D eigenvalue weighted by Crippen LogP contribution is 2.28. The van der Waals surface area contributed by atoms with Crippen LogP contribution in [0.5, 0.6) is 0 Å². The fourth-order valence-corrected chi connectivity index (χ4v) is 4.76. The number of hydrogen-bond acceptors (Lipinski definition) is 6. The zero-order valence-corrected chi connectivity index (χ0v) is 18.3. The Kier molecular flexibility index (Phi) is 6.17. The van der Waals surface area contributed by atoms with Gasteiger partial charge in [-0.05, 0) is 61.3 Å². The molecule has 1 aromatic heterocycles. The maximum Gasteiger partial charge on any atom is 0.242 e. The summed E-state index contributed by atoms with van der Waals surface area (Å²) in [7, 11) is -0.403. The van der Waals surface area contributed by atoms with Crippen LogP contribution in [-0.4, -0.2) is 54.9 Å². The average molecular weight is 445 g/mol. The van der Waals surface area contributed by atoms with Gasteiger partial charge in [-0.2, -0.15) is 4.98 Å². The van der Waals surface area contributed by atoms with Gasteiger partial charge in [0.1, 0.15) is 5.82 Å². The van der Waals surface area contributed by atoms with Crippen molar-refractivity contribution in [1.82, 2.24) is 19.3 Å². The monoisotopic (exact) mass is 444 g/mol. The Morgan fingerprint density at radius 3 is 2.71 bits per heavy atom. The van der Waals surface area contributed by atoms with Crippen LogP contribution < -0.4 is 0 Å². The highest BCUT2D eigenvalue weighted by molar-refractivity contribution is 7.89. The van der Waals surface area contributed by atoms with Crippen molar-refractivity contribution < 1.29 is 17.3 Å². The van der Waals surface area contributed by atoms with E-state index in [1.165, 1.54) is 30.5 Å². The molecule has 1 unspecified atom stereocenters. The van der Waals surface area contributed by atoms with Gasteiger partial charge in [-0.3, -0.25) is 4.90 Å². The van der Waals surface area contributed by atoms with E-state index in [2.05, 4.69) is 15.0 Å². The van der Waals surface area contributed by atoms with Crippen LogP contribution in [0.15, 0.2) is 57.9 Å². The second-order valence-corrected chi connectivity index (χ2v) is 10.1. The van der Waals surface area contributed by atoms with Crippen LogP contribution >= 0.6 is 0 Å². The predicted molar refractivity (Wildman–Crippen MR) is 114 cm³/mol. The molecular formula is C22H25FN4O3S. The Bertz CT molecular complexity index is 1150. The maximum atomic E-state index is 13.1. The first-order chi connectivity index (χ1) is 14.8. The van der Waals surface area contributed by atoms with Crippen molar-refractivity contribution >= 4 is 10.0 Å². The minimum absolute atomic E-state index is 0.101. The summed E-state index contributed by atoms with van der Waals surface area (Å²) in [6.07, 6.45) is 1.92. The Balaban J connectivity index is 1.46. The lowest BCUT2D eigenvalue weighted by molar-refractivity contribution is 0.180. The number of aromatic nitrogens is 2. The largest absolute Gasteiger partial charge is 0.339 e. The van der Waals surface area contributed by atoms with E-state index in [1.807, 2.05) is 6.07 Å². The molecule has 0 saturated carbocycles. The second-order valence-electron chi connectivity index (χ2n) is 7.97. The molecule has 0 bridgehead atoms. The summed E-state index contributed by atoms with van der Waals surface area (Å²) in [5.41, 5.74) is 1.66. The molecule has 1 fully saturated rings. The number of benzene rings is 2. The Morgan fingerprint density at radius 1 is 1.19 bits per heavy atom. The number of sulfonamides is 1. The van der Waals surface area contributed by atoms with Gasteiger partial charge < -0.3 is 4.52 Å². The molecular weight excluding hydrogens is 419 g/mol. The van der Waals surface area contributed by atoms with E-state index < -0.39 is 10.0 Å². The van der Waals surface area contributed by atoms with Gasteiger partial charge >= 0.3 is 0 Å². The summed E-state index contributed by atoms with van der Waals surface area (Å²) in [6, 6.07) is 13.1. The maximum absolute atomic E-state index is 13.1. The van der Waals surface area contributed by atoms with E-state index in [0.29, 0.717) is 28.7 Å². The number of hydrogen-bond donors (Lipinski definition) is 0. The second kappa shape index (κ2) is 8.86. The molecule has 0 aliphatic carbocycles. The number of halogens is 1. The van der Waals surface area contributed by atoms with Gasteiger partial charge in [-0.1, -0.05) is 17.3 Å². The molecule has 1 saturated heterocycles. The van der Waals surface area contributed by atoms with Crippen LogP contribution in [0.1, 0.15) is 30.2 Å². The quantitative estimate of drug-likeness (QED) is 0.579. The van der Waals surface area contributed by atoms with Crippen LogP contribution in [0.4, 0.5) is 4.39 Å².